The summed E-state index contributed by atoms with van der Waals surface area (Å²) >= 11 is 5.78. The van der Waals surface area contributed by atoms with E-state index in [-0.39, 0.29) is 11.9 Å². The first-order chi connectivity index (χ1) is 9.10. The lowest BCUT2D eigenvalue weighted by Crippen LogP contribution is -2.26. The zero-order valence-corrected chi connectivity index (χ0v) is 11.8. The van der Waals surface area contributed by atoms with E-state index in [0.717, 1.165) is 12.0 Å². The number of carbonyl (C=O) groups is 1. The zero-order chi connectivity index (χ0) is 13.8. The molecule has 0 fully saturated rings. The molecule has 0 aliphatic carbocycles. The van der Waals surface area contributed by atoms with E-state index in [1.807, 2.05) is 19.1 Å². The molecule has 19 heavy (non-hydrogen) atoms. The predicted molar refractivity (Wildman–Crippen MR) is 77.5 cm³/mol. The molecule has 0 aliphatic heterocycles. The van der Waals surface area contributed by atoms with E-state index < -0.39 is 0 Å². The first-order valence-electron chi connectivity index (χ1n) is 6.33. The van der Waals surface area contributed by atoms with E-state index in [9.17, 15) is 4.79 Å². The summed E-state index contributed by atoms with van der Waals surface area (Å²) in [5.41, 5.74) is 2.85. The molecule has 2 rings (SSSR count). The molecule has 0 aliphatic rings. The van der Waals surface area contributed by atoms with Crippen LogP contribution in [-0.4, -0.2) is 10.9 Å². The Morgan fingerprint density at radius 1 is 1.37 bits per heavy atom. The fourth-order valence-electron chi connectivity index (χ4n) is 1.90. The summed E-state index contributed by atoms with van der Waals surface area (Å²) in [7, 11) is 0. The number of aromatic nitrogens is 1. The fraction of sp³-hybridized carbons (Fsp3) is 0.267. The average Bonchev–Trinajstić information content (AvgIpc) is 2.85. The summed E-state index contributed by atoms with van der Waals surface area (Å²) in [6.45, 7) is 4.08. The molecular weight excluding hydrogens is 260 g/mol. The van der Waals surface area contributed by atoms with Gasteiger partial charge in [0.25, 0.3) is 5.91 Å². The Balaban J connectivity index is 2.03. The lowest BCUT2D eigenvalue weighted by Gasteiger charge is -2.14. The van der Waals surface area contributed by atoms with Crippen LogP contribution >= 0.6 is 11.6 Å². The average molecular weight is 277 g/mol. The van der Waals surface area contributed by atoms with Crippen molar-refractivity contribution in [1.82, 2.24) is 10.3 Å². The van der Waals surface area contributed by atoms with Crippen LogP contribution in [0, 0.1) is 0 Å². The molecule has 1 atom stereocenters. The topological polar surface area (TPSA) is 44.9 Å². The predicted octanol–water partition coefficient (Wildman–Crippen LogP) is 3.72. The van der Waals surface area contributed by atoms with Gasteiger partial charge in [-0.3, -0.25) is 4.79 Å². The maximum Gasteiger partial charge on any atom is 0.268 e. The molecule has 100 valence electrons. The van der Waals surface area contributed by atoms with Gasteiger partial charge in [-0.1, -0.05) is 42.8 Å². The molecule has 1 aromatic carbocycles. The lowest BCUT2D eigenvalue weighted by atomic mass is 10.0. The number of nitrogens with one attached hydrogen (secondary N) is 2. The van der Waals surface area contributed by atoms with Crippen molar-refractivity contribution in [3.8, 4) is 0 Å². The highest BCUT2D eigenvalue weighted by Gasteiger charge is 2.12. The molecule has 1 aromatic heterocycles. The largest absolute Gasteiger partial charge is 0.356 e. The molecule has 0 saturated heterocycles. The molecule has 1 amide bonds. The standard InChI is InChI=1S/C15H17ClN2O/c1-3-11-4-6-12(7-5-11)10(2)18-15(19)14-8-13(16)9-17-14/h4-10,17H,3H2,1-2H3,(H,18,19). The zero-order valence-electron chi connectivity index (χ0n) is 11.0. The molecule has 0 bridgehead atoms. The van der Waals surface area contributed by atoms with Crippen LogP contribution in [0.15, 0.2) is 36.5 Å². The van der Waals surface area contributed by atoms with Crippen LogP contribution in [0.4, 0.5) is 0 Å². The maximum atomic E-state index is 12.0. The molecule has 0 radical (unpaired) electrons. The first kappa shape index (κ1) is 13.7. The summed E-state index contributed by atoms with van der Waals surface area (Å²) in [5.74, 6) is -0.154. The van der Waals surface area contributed by atoms with Gasteiger partial charge < -0.3 is 10.3 Å². The number of benzene rings is 1. The minimum absolute atomic E-state index is 0.0412. The van der Waals surface area contributed by atoms with Crippen molar-refractivity contribution in [1.29, 1.82) is 0 Å². The number of aromatic amines is 1. The van der Waals surface area contributed by atoms with Gasteiger partial charge in [-0.15, -0.1) is 0 Å². The maximum absolute atomic E-state index is 12.0. The third-order valence-electron chi connectivity index (χ3n) is 3.13. The summed E-state index contributed by atoms with van der Waals surface area (Å²) < 4.78 is 0. The Morgan fingerprint density at radius 2 is 2.05 bits per heavy atom. The highest BCUT2D eigenvalue weighted by molar-refractivity contribution is 6.30. The van der Waals surface area contributed by atoms with Crippen molar-refractivity contribution in [2.24, 2.45) is 0 Å². The van der Waals surface area contributed by atoms with E-state index in [1.165, 1.54) is 5.56 Å². The number of rotatable bonds is 4. The molecule has 0 saturated carbocycles. The number of aryl methyl sites for hydroxylation is 1. The smallest absolute Gasteiger partial charge is 0.268 e. The minimum atomic E-state index is -0.154. The second kappa shape index (κ2) is 5.93. The summed E-state index contributed by atoms with van der Waals surface area (Å²) in [6, 6.07) is 9.84. The van der Waals surface area contributed by atoms with Crippen LogP contribution in [0.1, 0.15) is 41.5 Å². The normalized spacial score (nSPS) is 12.2. The van der Waals surface area contributed by atoms with Crippen molar-refractivity contribution in [3.63, 3.8) is 0 Å². The Labute approximate surface area is 118 Å². The molecule has 2 N–H and O–H groups in total. The van der Waals surface area contributed by atoms with Crippen LogP contribution in [0.25, 0.3) is 0 Å². The van der Waals surface area contributed by atoms with Gasteiger partial charge in [0.05, 0.1) is 11.1 Å². The minimum Gasteiger partial charge on any atom is -0.356 e. The van der Waals surface area contributed by atoms with Crippen molar-refractivity contribution < 1.29 is 4.79 Å². The number of carbonyl (C=O) groups excluding carboxylic acids is 1. The van der Waals surface area contributed by atoms with Gasteiger partial charge in [-0.2, -0.15) is 0 Å². The van der Waals surface area contributed by atoms with Crippen LogP contribution in [-0.2, 0) is 6.42 Å². The summed E-state index contributed by atoms with van der Waals surface area (Å²) in [5, 5.41) is 3.47. The van der Waals surface area contributed by atoms with E-state index >= 15 is 0 Å². The van der Waals surface area contributed by atoms with Crippen LogP contribution in [0.5, 0.6) is 0 Å². The van der Waals surface area contributed by atoms with E-state index in [2.05, 4.69) is 29.4 Å². The van der Waals surface area contributed by atoms with Crippen molar-refractivity contribution in [2.45, 2.75) is 26.3 Å². The monoisotopic (exact) mass is 276 g/mol. The van der Waals surface area contributed by atoms with Crippen LogP contribution in [0.2, 0.25) is 5.02 Å². The van der Waals surface area contributed by atoms with Crippen LogP contribution < -0.4 is 5.32 Å². The third kappa shape index (κ3) is 3.38. The SMILES string of the molecule is CCc1ccc(C(C)NC(=O)c2cc(Cl)c[nH]2)cc1. The summed E-state index contributed by atoms with van der Waals surface area (Å²) in [4.78, 5) is 14.8. The van der Waals surface area contributed by atoms with E-state index in [0.29, 0.717) is 10.7 Å². The molecule has 0 spiro atoms. The Bertz CT molecular complexity index is 560. The first-order valence-corrected chi connectivity index (χ1v) is 6.71. The molecule has 4 heteroatoms. The molecule has 3 nitrogen and oxygen atoms in total. The number of halogens is 1. The Morgan fingerprint density at radius 3 is 2.58 bits per heavy atom. The van der Waals surface area contributed by atoms with Crippen molar-refractivity contribution >= 4 is 17.5 Å². The highest BCUT2D eigenvalue weighted by Crippen LogP contribution is 2.15. The van der Waals surface area contributed by atoms with Gasteiger partial charge in [0.15, 0.2) is 0 Å². The van der Waals surface area contributed by atoms with Gasteiger partial charge >= 0.3 is 0 Å². The van der Waals surface area contributed by atoms with E-state index in [1.54, 1.807) is 12.3 Å². The quantitative estimate of drug-likeness (QED) is 0.878. The van der Waals surface area contributed by atoms with Gasteiger partial charge in [0.2, 0.25) is 0 Å². The fourth-order valence-corrected chi connectivity index (χ4v) is 2.06. The number of amides is 1. The highest BCUT2D eigenvalue weighted by atomic mass is 35.5. The van der Waals surface area contributed by atoms with Gasteiger partial charge in [0, 0.05) is 6.20 Å². The van der Waals surface area contributed by atoms with Crippen molar-refractivity contribution in [2.75, 3.05) is 0 Å². The second-order valence-electron chi connectivity index (χ2n) is 4.52. The van der Waals surface area contributed by atoms with Crippen molar-refractivity contribution in [3.05, 3.63) is 58.4 Å². The van der Waals surface area contributed by atoms with Gasteiger partial charge in [-0.05, 0) is 30.5 Å². The number of hydrogen-bond acceptors (Lipinski definition) is 1. The van der Waals surface area contributed by atoms with Gasteiger partial charge in [-0.25, -0.2) is 0 Å². The van der Waals surface area contributed by atoms with Crippen LogP contribution in [0.3, 0.4) is 0 Å². The molecule has 1 heterocycles. The van der Waals surface area contributed by atoms with Gasteiger partial charge in [0.1, 0.15) is 5.69 Å². The molecule has 1 unspecified atom stereocenters. The number of hydrogen-bond donors (Lipinski definition) is 2. The Kier molecular flexibility index (Phi) is 4.27. The number of H-pyrrole nitrogens is 1. The third-order valence-corrected chi connectivity index (χ3v) is 3.35. The Hall–Kier alpha value is -1.74. The van der Waals surface area contributed by atoms with E-state index in [4.69, 9.17) is 11.6 Å². The second-order valence-corrected chi connectivity index (χ2v) is 4.96. The molecule has 2 aromatic rings. The molecular formula is C15H17ClN2O. The lowest BCUT2D eigenvalue weighted by molar-refractivity contribution is 0.0935. The summed E-state index contributed by atoms with van der Waals surface area (Å²) in [6.07, 6.45) is 2.61.